The Bertz CT molecular complexity index is 731. The first-order valence-electron chi connectivity index (χ1n) is 6.87. The number of hydrogen-bond donors (Lipinski definition) is 1. The summed E-state index contributed by atoms with van der Waals surface area (Å²) in [5, 5.41) is 0. The number of aryl methyl sites for hydroxylation is 1. The molecule has 0 radical (unpaired) electrons. The van der Waals surface area contributed by atoms with Crippen LogP contribution in [0.4, 0.5) is 0 Å². The van der Waals surface area contributed by atoms with Gasteiger partial charge in [-0.3, -0.25) is 9.59 Å². The molecule has 1 aliphatic heterocycles. The molecule has 8 nitrogen and oxygen atoms in total. The molecule has 0 bridgehead atoms. The number of morpholine rings is 1. The Balaban J connectivity index is 1.79. The van der Waals surface area contributed by atoms with Gasteiger partial charge in [-0.15, -0.1) is 0 Å². The molecule has 1 unspecified atom stereocenters. The van der Waals surface area contributed by atoms with Gasteiger partial charge in [0.05, 0.1) is 24.4 Å². The van der Waals surface area contributed by atoms with E-state index in [9.17, 15) is 9.59 Å². The van der Waals surface area contributed by atoms with Gasteiger partial charge in [0.25, 0.3) is 11.5 Å². The lowest BCUT2D eigenvalue weighted by molar-refractivity contribution is -0.0249. The first-order valence-corrected chi connectivity index (χ1v) is 6.87. The summed E-state index contributed by atoms with van der Waals surface area (Å²) in [6.45, 7) is 2.91. The largest absolute Gasteiger partial charge is 0.368 e. The number of carbonyl (C=O) groups is 1. The van der Waals surface area contributed by atoms with Crippen molar-refractivity contribution in [1.29, 1.82) is 0 Å². The van der Waals surface area contributed by atoms with E-state index < -0.39 is 6.10 Å². The topological polar surface area (TPSA) is 101 Å². The Morgan fingerprint density at radius 3 is 2.91 bits per heavy atom. The third kappa shape index (κ3) is 3.01. The molecule has 8 heteroatoms. The van der Waals surface area contributed by atoms with E-state index in [4.69, 9.17) is 4.74 Å². The number of nitrogens with one attached hydrogen (secondary N) is 1. The van der Waals surface area contributed by atoms with Crippen molar-refractivity contribution in [1.82, 2.24) is 24.8 Å². The zero-order valence-electron chi connectivity index (χ0n) is 12.0. The molecule has 1 saturated heterocycles. The van der Waals surface area contributed by atoms with Crippen molar-refractivity contribution in [2.24, 2.45) is 0 Å². The van der Waals surface area contributed by atoms with Crippen LogP contribution in [-0.2, 0) is 4.74 Å². The zero-order chi connectivity index (χ0) is 15.5. The van der Waals surface area contributed by atoms with Gasteiger partial charge in [-0.2, -0.15) is 0 Å². The second-order valence-corrected chi connectivity index (χ2v) is 4.99. The van der Waals surface area contributed by atoms with Crippen molar-refractivity contribution in [2.45, 2.75) is 13.0 Å². The van der Waals surface area contributed by atoms with E-state index in [1.165, 1.54) is 24.8 Å². The van der Waals surface area contributed by atoms with Crippen LogP contribution in [0, 0.1) is 6.92 Å². The lowest BCUT2D eigenvalue weighted by atomic mass is 10.1. The summed E-state index contributed by atoms with van der Waals surface area (Å²) in [5.41, 5.74) is 0.729. The molecule has 1 atom stereocenters. The number of amides is 1. The van der Waals surface area contributed by atoms with E-state index >= 15 is 0 Å². The first-order chi connectivity index (χ1) is 10.6. The molecule has 1 N–H and O–H groups in total. The highest BCUT2D eigenvalue weighted by Gasteiger charge is 2.27. The lowest BCUT2D eigenvalue weighted by Gasteiger charge is -2.32. The van der Waals surface area contributed by atoms with Gasteiger partial charge in [0.1, 0.15) is 18.3 Å². The molecule has 2 aromatic rings. The van der Waals surface area contributed by atoms with Crippen LogP contribution in [0.2, 0.25) is 0 Å². The predicted octanol–water partition coefficient (Wildman–Crippen LogP) is 0.0820. The summed E-state index contributed by atoms with van der Waals surface area (Å²) < 4.78 is 5.65. The zero-order valence-corrected chi connectivity index (χ0v) is 12.0. The fourth-order valence-electron chi connectivity index (χ4n) is 2.37. The molecule has 0 aliphatic carbocycles. The standard InChI is InChI=1S/C14H15N5O3/c1-9-17-11(4-13(20)18-9)12-7-19(2-3-22-12)14(21)10-5-15-8-16-6-10/h4-6,8,12H,2-3,7H2,1H3,(H,17,18,20). The molecule has 1 fully saturated rings. The number of ether oxygens (including phenoxy) is 1. The highest BCUT2D eigenvalue weighted by atomic mass is 16.5. The number of carbonyl (C=O) groups excluding carboxylic acids is 1. The van der Waals surface area contributed by atoms with Crippen LogP contribution in [0.3, 0.4) is 0 Å². The van der Waals surface area contributed by atoms with Crippen LogP contribution in [0.5, 0.6) is 0 Å². The Morgan fingerprint density at radius 2 is 2.18 bits per heavy atom. The molecule has 0 spiro atoms. The van der Waals surface area contributed by atoms with E-state index in [-0.39, 0.29) is 11.5 Å². The molecule has 0 saturated carbocycles. The molecule has 3 heterocycles. The predicted molar refractivity (Wildman–Crippen MR) is 76.2 cm³/mol. The molecular weight excluding hydrogens is 286 g/mol. The molecular formula is C14H15N5O3. The van der Waals surface area contributed by atoms with Crippen molar-refractivity contribution >= 4 is 5.91 Å². The van der Waals surface area contributed by atoms with Crippen LogP contribution >= 0.6 is 0 Å². The van der Waals surface area contributed by atoms with Crippen molar-refractivity contribution in [3.05, 3.63) is 52.2 Å². The summed E-state index contributed by atoms with van der Waals surface area (Å²) in [4.78, 5) is 40.2. The monoisotopic (exact) mass is 301 g/mol. The van der Waals surface area contributed by atoms with E-state index in [2.05, 4.69) is 19.9 Å². The normalized spacial score (nSPS) is 18.2. The average molecular weight is 301 g/mol. The van der Waals surface area contributed by atoms with Crippen LogP contribution in [0.15, 0.2) is 29.6 Å². The minimum absolute atomic E-state index is 0.157. The van der Waals surface area contributed by atoms with Crippen LogP contribution in [0.25, 0.3) is 0 Å². The van der Waals surface area contributed by atoms with Gasteiger partial charge in [-0.05, 0) is 6.92 Å². The van der Waals surface area contributed by atoms with E-state index in [1.807, 2.05) is 0 Å². The lowest BCUT2D eigenvalue weighted by Crippen LogP contribution is -2.42. The first kappa shape index (κ1) is 14.3. The van der Waals surface area contributed by atoms with Gasteiger partial charge in [0, 0.05) is 25.0 Å². The quantitative estimate of drug-likeness (QED) is 0.843. The summed E-state index contributed by atoms with van der Waals surface area (Å²) in [6.07, 6.45) is 3.93. The number of rotatable bonds is 2. The summed E-state index contributed by atoms with van der Waals surface area (Å²) >= 11 is 0. The highest BCUT2D eigenvalue weighted by Crippen LogP contribution is 2.20. The summed E-state index contributed by atoms with van der Waals surface area (Å²) in [5.74, 6) is 0.362. The maximum absolute atomic E-state index is 12.4. The number of aromatic amines is 1. The van der Waals surface area contributed by atoms with Crippen LogP contribution in [0.1, 0.15) is 28.0 Å². The molecule has 3 rings (SSSR count). The van der Waals surface area contributed by atoms with Crippen LogP contribution < -0.4 is 5.56 Å². The Kier molecular flexibility index (Phi) is 3.92. The third-order valence-corrected chi connectivity index (χ3v) is 3.37. The summed E-state index contributed by atoms with van der Waals surface area (Å²) in [7, 11) is 0. The van der Waals surface area contributed by atoms with Crippen molar-refractivity contribution < 1.29 is 9.53 Å². The van der Waals surface area contributed by atoms with Gasteiger partial charge >= 0.3 is 0 Å². The van der Waals surface area contributed by atoms with Crippen molar-refractivity contribution in [3.63, 3.8) is 0 Å². The minimum Gasteiger partial charge on any atom is -0.368 e. The molecule has 2 aromatic heterocycles. The minimum atomic E-state index is -0.414. The molecule has 0 aromatic carbocycles. The Labute approximate surface area is 126 Å². The van der Waals surface area contributed by atoms with Gasteiger partial charge in [-0.1, -0.05) is 0 Å². The Morgan fingerprint density at radius 1 is 1.41 bits per heavy atom. The van der Waals surface area contributed by atoms with Gasteiger partial charge in [-0.25, -0.2) is 15.0 Å². The second-order valence-electron chi connectivity index (χ2n) is 4.99. The van der Waals surface area contributed by atoms with Gasteiger partial charge in [0.15, 0.2) is 0 Å². The number of aromatic nitrogens is 4. The molecule has 1 aliphatic rings. The Hall–Kier alpha value is -2.61. The molecule has 22 heavy (non-hydrogen) atoms. The van der Waals surface area contributed by atoms with E-state index in [0.29, 0.717) is 36.8 Å². The van der Waals surface area contributed by atoms with Crippen molar-refractivity contribution in [2.75, 3.05) is 19.7 Å². The molecule has 114 valence electrons. The number of nitrogens with zero attached hydrogens (tertiary/aromatic N) is 4. The smallest absolute Gasteiger partial charge is 0.257 e. The van der Waals surface area contributed by atoms with Crippen LogP contribution in [-0.4, -0.2) is 50.4 Å². The van der Waals surface area contributed by atoms with E-state index in [0.717, 1.165) is 0 Å². The maximum Gasteiger partial charge on any atom is 0.257 e. The summed E-state index contributed by atoms with van der Waals surface area (Å²) in [6, 6.07) is 1.40. The maximum atomic E-state index is 12.4. The van der Waals surface area contributed by atoms with Crippen molar-refractivity contribution in [3.8, 4) is 0 Å². The third-order valence-electron chi connectivity index (χ3n) is 3.37. The SMILES string of the molecule is Cc1nc(C2CN(C(=O)c3cncnc3)CCO2)cc(=O)[nH]1. The fourth-order valence-corrected chi connectivity index (χ4v) is 2.37. The fraction of sp³-hybridized carbons (Fsp3) is 0.357. The average Bonchev–Trinajstić information content (AvgIpc) is 2.54. The van der Waals surface area contributed by atoms with Gasteiger partial charge < -0.3 is 14.6 Å². The number of H-pyrrole nitrogens is 1. The highest BCUT2D eigenvalue weighted by molar-refractivity contribution is 5.93. The second kappa shape index (κ2) is 6.02. The van der Waals surface area contributed by atoms with E-state index in [1.54, 1.807) is 11.8 Å². The van der Waals surface area contributed by atoms with Gasteiger partial charge in [0.2, 0.25) is 0 Å². The number of hydrogen-bond acceptors (Lipinski definition) is 6. The molecule has 1 amide bonds.